The van der Waals surface area contributed by atoms with Crippen LogP contribution in [0.5, 0.6) is 0 Å². The molecule has 8 heteroatoms. The molecule has 3 aromatic rings. The van der Waals surface area contributed by atoms with Crippen molar-refractivity contribution in [3.63, 3.8) is 0 Å². The maximum absolute atomic E-state index is 12.7. The van der Waals surface area contributed by atoms with E-state index in [4.69, 9.17) is 11.6 Å². The van der Waals surface area contributed by atoms with E-state index in [2.05, 4.69) is 21.6 Å². The largest absolute Gasteiger partial charge is 0.337 e. The first kappa shape index (κ1) is 22.4. The second-order valence-corrected chi connectivity index (χ2v) is 9.36. The van der Waals surface area contributed by atoms with E-state index in [1.807, 2.05) is 59.2 Å². The van der Waals surface area contributed by atoms with Gasteiger partial charge in [-0.15, -0.1) is 10.2 Å². The van der Waals surface area contributed by atoms with Crippen LogP contribution in [0.1, 0.15) is 37.7 Å². The lowest BCUT2D eigenvalue weighted by Crippen LogP contribution is -2.49. The summed E-state index contributed by atoms with van der Waals surface area (Å²) in [5, 5.41) is 22.7. The highest BCUT2D eigenvalue weighted by atomic mass is 35.5. The van der Waals surface area contributed by atoms with Gasteiger partial charge < -0.3 is 5.32 Å². The number of carbonyl (C=O) groups excluding carboxylic acids is 1. The van der Waals surface area contributed by atoms with Gasteiger partial charge in [0.1, 0.15) is 5.54 Å². The van der Waals surface area contributed by atoms with Crippen molar-refractivity contribution in [2.45, 2.75) is 49.3 Å². The molecule has 32 heavy (non-hydrogen) atoms. The average Bonchev–Trinajstić information content (AvgIpc) is 3.22. The molecule has 1 aromatic heterocycles. The number of aromatic nitrogens is 3. The van der Waals surface area contributed by atoms with E-state index in [0.29, 0.717) is 35.4 Å². The van der Waals surface area contributed by atoms with E-state index in [-0.39, 0.29) is 11.7 Å². The van der Waals surface area contributed by atoms with Crippen molar-refractivity contribution in [1.29, 1.82) is 5.26 Å². The molecule has 164 valence electrons. The highest BCUT2D eigenvalue weighted by Gasteiger charge is 2.33. The zero-order chi connectivity index (χ0) is 22.4. The van der Waals surface area contributed by atoms with Gasteiger partial charge in [-0.1, -0.05) is 73.0 Å². The fourth-order valence-corrected chi connectivity index (χ4v) is 4.83. The lowest BCUT2D eigenvalue weighted by atomic mass is 9.83. The van der Waals surface area contributed by atoms with Crippen molar-refractivity contribution in [3.05, 3.63) is 65.2 Å². The Morgan fingerprint density at radius 1 is 1.09 bits per heavy atom. The number of halogens is 1. The van der Waals surface area contributed by atoms with E-state index in [1.54, 1.807) is 0 Å². The zero-order valence-corrected chi connectivity index (χ0v) is 19.2. The van der Waals surface area contributed by atoms with Crippen LogP contribution in [-0.2, 0) is 11.3 Å². The van der Waals surface area contributed by atoms with Crippen molar-refractivity contribution in [1.82, 2.24) is 20.1 Å². The van der Waals surface area contributed by atoms with Crippen LogP contribution in [0.4, 0.5) is 0 Å². The van der Waals surface area contributed by atoms with E-state index < -0.39 is 5.54 Å². The van der Waals surface area contributed by atoms with Crippen LogP contribution >= 0.6 is 23.4 Å². The summed E-state index contributed by atoms with van der Waals surface area (Å²) in [6, 6.07) is 19.9. The maximum atomic E-state index is 12.7. The lowest BCUT2D eigenvalue weighted by molar-refractivity contribution is -0.120. The van der Waals surface area contributed by atoms with Crippen molar-refractivity contribution in [3.8, 4) is 17.5 Å². The zero-order valence-electron chi connectivity index (χ0n) is 17.6. The summed E-state index contributed by atoms with van der Waals surface area (Å²) < 4.78 is 2.01. The number of thioether (sulfide) groups is 1. The van der Waals surface area contributed by atoms with Gasteiger partial charge in [-0.2, -0.15) is 5.26 Å². The second kappa shape index (κ2) is 10.2. The molecule has 0 bridgehead atoms. The molecule has 1 amide bonds. The van der Waals surface area contributed by atoms with Gasteiger partial charge in [-0.25, -0.2) is 0 Å². The van der Waals surface area contributed by atoms with Gasteiger partial charge in [0.25, 0.3) is 0 Å². The standard InChI is InChI=1S/C24H24ClN5OS/c25-20-11-9-19(10-12-20)22-28-29-23(30(22)15-18-7-3-1-4-8-18)32-16-21(31)27-24(17-26)13-5-2-6-14-24/h1,3-4,7-12H,2,5-6,13-16H2,(H,27,31). The smallest absolute Gasteiger partial charge is 0.231 e. The molecule has 0 aliphatic heterocycles. The maximum Gasteiger partial charge on any atom is 0.231 e. The van der Waals surface area contributed by atoms with Gasteiger partial charge in [-0.05, 0) is 42.7 Å². The summed E-state index contributed by atoms with van der Waals surface area (Å²) >= 11 is 7.38. The van der Waals surface area contributed by atoms with Crippen molar-refractivity contribution < 1.29 is 4.79 Å². The van der Waals surface area contributed by atoms with Gasteiger partial charge in [0, 0.05) is 10.6 Å². The number of amides is 1. The van der Waals surface area contributed by atoms with E-state index >= 15 is 0 Å². The Balaban J connectivity index is 1.53. The minimum Gasteiger partial charge on any atom is -0.337 e. The minimum atomic E-state index is -0.734. The number of nitrogens with one attached hydrogen (secondary N) is 1. The molecule has 0 atom stereocenters. The molecular formula is C24H24ClN5OS. The van der Waals surface area contributed by atoms with Crippen LogP contribution in [0.3, 0.4) is 0 Å². The lowest BCUT2D eigenvalue weighted by Gasteiger charge is -2.31. The number of hydrogen-bond acceptors (Lipinski definition) is 5. The first-order valence-corrected chi connectivity index (χ1v) is 12.0. The van der Waals surface area contributed by atoms with E-state index in [1.165, 1.54) is 11.8 Å². The van der Waals surface area contributed by atoms with Crippen LogP contribution in [-0.4, -0.2) is 32.0 Å². The SMILES string of the molecule is N#CC1(NC(=O)CSc2nnc(-c3ccc(Cl)cc3)n2Cc2ccccc2)CCCCC1. The Hall–Kier alpha value is -2.82. The second-order valence-electron chi connectivity index (χ2n) is 7.98. The molecule has 1 heterocycles. The van der Waals surface area contributed by atoms with Gasteiger partial charge in [0.15, 0.2) is 11.0 Å². The summed E-state index contributed by atoms with van der Waals surface area (Å²) in [6.45, 7) is 0.581. The fourth-order valence-electron chi connectivity index (χ4n) is 3.97. The highest BCUT2D eigenvalue weighted by Crippen LogP contribution is 2.29. The molecule has 4 rings (SSSR count). The highest BCUT2D eigenvalue weighted by molar-refractivity contribution is 7.99. The Bertz CT molecular complexity index is 1100. The third-order valence-electron chi connectivity index (χ3n) is 5.63. The third-order valence-corrected chi connectivity index (χ3v) is 6.85. The Kier molecular flexibility index (Phi) is 7.13. The molecule has 1 N–H and O–H groups in total. The van der Waals surface area contributed by atoms with Crippen molar-refractivity contribution >= 4 is 29.3 Å². The summed E-state index contributed by atoms with van der Waals surface area (Å²) in [7, 11) is 0. The van der Waals surface area contributed by atoms with Crippen molar-refractivity contribution in [2.75, 3.05) is 5.75 Å². The minimum absolute atomic E-state index is 0.152. The van der Waals surface area contributed by atoms with Gasteiger partial charge >= 0.3 is 0 Å². The number of hydrogen-bond donors (Lipinski definition) is 1. The number of nitrogens with zero attached hydrogens (tertiary/aromatic N) is 4. The number of benzene rings is 2. The number of carbonyl (C=O) groups is 1. The average molecular weight is 466 g/mol. The molecule has 1 aliphatic rings. The monoisotopic (exact) mass is 465 g/mol. The summed E-state index contributed by atoms with van der Waals surface area (Å²) in [5.74, 6) is 0.742. The Morgan fingerprint density at radius 3 is 2.50 bits per heavy atom. The molecule has 0 unspecified atom stereocenters. The molecule has 0 radical (unpaired) electrons. The van der Waals surface area contributed by atoms with Gasteiger partial charge in [-0.3, -0.25) is 9.36 Å². The van der Waals surface area contributed by atoms with Crippen LogP contribution in [0.25, 0.3) is 11.4 Å². The Labute approximate surface area is 197 Å². The van der Waals surface area contributed by atoms with Crippen LogP contribution in [0, 0.1) is 11.3 Å². The van der Waals surface area contributed by atoms with Crippen LogP contribution in [0.2, 0.25) is 5.02 Å². The molecule has 1 fully saturated rings. The van der Waals surface area contributed by atoms with Gasteiger partial charge in [0.2, 0.25) is 5.91 Å². The Morgan fingerprint density at radius 2 is 1.81 bits per heavy atom. The molecule has 0 spiro atoms. The molecule has 1 saturated carbocycles. The number of rotatable bonds is 7. The molecule has 6 nitrogen and oxygen atoms in total. The molecule has 0 saturated heterocycles. The summed E-state index contributed by atoms with van der Waals surface area (Å²) in [4.78, 5) is 12.7. The fraction of sp³-hybridized carbons (Fsp3) is 0.333. The predicted molar refractivity (Wildman–Crippen MR) is 126 cm³/mol. The number of nitriles is 1. The summed E-state index contributed by atoms with van der Waals surface area (Å²) in [5.41, 5.74) is 1.28. The third kappa shape index (κ3) is 5.32. The first-order chi connectivity index (χ1) is 15.6. The first-order valence-electron chi connectivity index (χ1n) is 10.7. The van der Waals surface area contributed by atoms with Crippen LogP contribution < -0.4 is 5.32 Å². The molecule has 2 aromatic carbocycles. The van der Waals surface area contributed by atoms with Crippen molar-refractivity contribution in [2.24, 2.45) is 0 Å². The topological polar surface area (TPSA) is 83.6 Å². The normalized spacial score (nSPS) is 15.1. The van der Waals surface area contributed by atoms with E-state index in [0.717, 1.165) is 30.4 Å². The predicted octanol–water partition coefficient (Wildman–Crippen LogP) is 5.08. The summed E-state index contributed by atoms with van der Waals surface area (Å²) in [6.07, 6.45) is 4.48. The molecular weight excluding hydrogens is 442 g/mol. The van der Waals surface area contributed by atoms with E-state index in [9.17, 15) is 10.1 Å². The molecule has 1 aliphatic carbocycles. The van der Waals surface area contributed by atoms with Crippen LogP contribution in [0.15, 0.2) is 59.8 Å². The quantitative estimate of drug-likeness (QED) is 0.492. The van der Waals surface area contributed by atoms with Gasteiger partial charge in [0.05, 0.1) is 18.4 Å².